The molecule has 2 aromatic rings. The SMILES string of the molecule is CC1CCN(c2ccc3c(c2)S(=O)(=O)c2cc(C(=O)O)ccc2C3=O)CC1. The summed E-state index contributed by atoms with van der Waals surface area (Å²) in [7, 11) is -3.97. The van der Waals surface area contributed by atoms with Gasteiger partial charge in [0.15, 0.2) is 5.78 Å². The molecule has 0 atom stereocenters. The Morgan fingerprint density at radius 2 is 1.63 bits per heavy atom. The molecule has 0 aromatic heterocycles. The number of piperidine rings is 1. The molecule has 1 fully saturated rings. The average Bonchev–Trinajstić information content (AvgIpc) is 2.66. The Morgan fingerprint density at radius 1 is 1.04 bits per heavy atom. The summed E-state index contributed by atoms with van der Waals surface area (Å²) in [6.07, 6.45) is 2.07. The van der Waals surface area contributed by atoms with Gasteiger partial charge in [-0.25, -0.2) is 13.2 Å². The van der Waals surface area contributed by atoms with Crippen molar-refractivity contribution in [2.45, 2.75) is 29.6 Å². The third kappa shape index (κ3) is 2.82. The van der Waals surface area contributed by atoms with Gasteiger partial charge in [-0.3, -0.25) is 4.79 Å². The Balaban J connectivity index is 1.83. The maximum absolute atomic E-state index is 13.1. The molecule has 2 aliphatic heterocycles. The summed E-state index contributed by atoms with van der Waals surface area (Å²) < 4.78 is 26.3. The van der Waals surface area contributed by atoms with Crippen LogP contribution in [0.2, 0.25) is 0 Å². The number of hydrogen-bond acceptors (Lipinski definition) is 5. The maximum Gasteiger partial charge on any atom is 0.335 e. The summed E-state index contributed by atoms with van der Waals surface area (Å²) >= 11 is 0. The standard InChI is InChI=1S/C20H19NO5S/c1-12-6-8-21(9-7-12)14-3-5-16-18(11-14)27(25,26)17-10-13(20(23)24)2-4-15(17)19(16)22/h2-5,10-12H,6-9H2,1H3,(H,23,24). The minimum atomic E-state index is -3.97. The Morgan fingerprint density at radius 3 is 2.26 bits per heavy atom. The number of fused-ring (bicyclic) bond motifs is 2. The molecular formula is C20H19NO5S. The van der Waals surface area contributed by atoms with Gasteiger partial charge in [0.2, 0.25) is 9.84 Å². The van der Waals surface area contributed by atoms with E-state index in [-0.39, 0.29) is 26.5 Å². The van der Waals surface area contributed by atoms with Crippen LogP contribution in [0, 0.1) is 5.92 Å². The number of sulfone groups is 1. The lowest BCUT2D eigenvalue weighted by Gasteiger charge is -2.33. The zero-order chi connectivity index (χ0) is 19.3. The number of anilines is 1. The van der Waals surface area contributed by atoms with Crippen LogP contribution in [0.3, 0.4) is 0 Å². The molecule has 2 heterocycles. The number of benzene rings is 2. The van der Waals surface area contributed by atoms with Gasteiger partial charge in [0.25, 0.3) is 0 Å². The van der Waals surface area contributed by atoms with E-state index in [1.807, 2.05) is 0 Å². The van der Waals surface area contributed by atoms with Crippen molar-refractivity contribution >= 4 is 27.3 Å². The van der Waals surface area contributed by atoms with Gasteiger partial charge in [-0.05, 0) is 55.2 Å². The van der Waals surface area contributed by atoms with Crippen LogP contribution in [0.25, 0.3) is 0 Å². The van der Waals surface area contributed by atoms with Gasteiger partial charge in [0, 0.05) is 29.9 Å². The van der Waals surface area contributed by atoms with E-state index in [1.165, 1.54) is 12.1 Å². The lowest BCUT2D eigenvalue weighted by Crippen LogP contribution is -2.33. The maximum atomic E-state index is 13.1. The van der Waals surface area contributed by atoms with Crippen LogP contribution in [-0.4, -0.2) is 38.4 Å². The Hall–Kier alpha value is -2.67. The second kappa shape index (κ2) is 6.20. The molecule has 0 spiro atoms. The van der Waals surface area contributed by atoms with E-state index < -0.39 is 21.6 Å². The molecule has 0 radical (unpaired) electrons. The molecule has 2 aromatic carbocycles. The molecular weight excluding hydrogens is 366 g/mol. The predicted octanol–water partition coefficient (Wildman–Crippen LogP) is 3.00. The number of carboxylic acid groups (broad SMARTS) is 1. The average molecular weight is 385 g/mol. The summed E-state index contributed by atoms with van der Waals surface area (Å²) in [5.74, 6) is -0.987. The van der Waals surface area contributed by atoms with Gasteiger partial charge in [0.05, 0.1) is 15.4 Å². The van der Waals surface area contributed by atoms with Crippen molar-refractivity contribution in [3.8, 4) is 0 Å². The van der Waals surface area contributed by atoms with Crippen molar-refractivity contribution in [2.75, 3.05) is 18.0 Å². The highest BCUT2D eigenvalue weighted by Crippen LogP contribution is 2.37. The summed E-state index contributed by atoms with van der Waals surface area (Å²) in [5, 5.41) is 9.17. The molecule has 1 N–H and O–H groups in total. The van der Waals surface area contributed by atoms with Crippen molar-refractivity contribution in [1.29, 1.82) is 0 Å². The van der Waals surface area contributed by atoms with E-state index >= 15 is 0 Å². The molecule has 0 unspecified atom stereocenters. The molecule has 0 saturated carbocycles. The number of ketones is 1. The highest BCUT2D eigenvalue weighted by Gasteiger charge is 2.36. The van der Waals surface area contributed by atoms with Gasteiger partial charge in [0.1, 0.15) is 0 Å². The van der Waals surface area contributed by atoms with Gasteiger partial charge in [-0.1, -0.05) is 6.92 Å². The number of carboxylic acids is 1. The second-order valence-electron chi connectivity index (χ2n) is 7.20. The van der Waals surface area contributed by atoms with Crippen LogP contribution < -0.4 is 4.90 Å². The van der Waals surface area contributed by atoms with Gasteiger partial charge < -0.3 is 10.0 Å². The third-order valence-corrected chi connectivity index (χ3v) is 7.24. The van der Waals surface area contributed by atoms with E-state index in [0.717, 1.165) is 37.7 Å². The van der Waals surface area contributed by atoms with Crippen molar-refractivity contribution < 1.29 is 23.1 Å². The van der Waals surface area contributed by atoms with Crippen LogP contribution in [0.5, 0.6) is 0 Å². The van der Waals surface area contributed by atoms with Crippen LogP contribution in [-0.2, 0) is 9.84 Å². The fourth-order valence-electron chi connectivity index (χ4n) is 3.71. The highest BCUT2D eigenvalue weighted by molar-refractivity contribution is 7.91. The molecule has 0 aliphatic carbocycles. The Kier molecular flexibility index (Phi) is 4.07. The monoisotopic (exact) mass is 385 g/mol. The number of rotatable bonds is 2. The normalized spacial score (nSPS) is 18.7. The zero-order valence-corrected chi connectivity index (χ0v) is 15.6. The molecule has 4 rings (SSSR count). The first-order chi connectivity index (χ1) is 12.8. The van der Waals surface area contributed by atoms with Crippen molar-refractivity contribution in [3.05, 3.63) is 53.1 Å². The van der Waals surface area contributed by atoms with Crippen molar-refractivity contribution in [3.63, 3.8) is 0 Å². The van der Waals surface area contributed by atoms with E-state index in [0.29, 0.717) is 5.92 Å². The number of hydrogen-bond donors (Lipinski definition) is 1. The highest BCUT2D eigenvalue weighted by atomic mass is 32.2. The zero-order valence-electron chi connectivity index (χ0n) is 14.8. The summed E-state index contributed by atoms with van der Waals surface area (Å²) in [6, 6.07) is 8.51. The number of carbonyl (C=O) groups excluding carboxylic acids is 1. The second-order valence-corrected chi connectivity index (χ2v) is 9.09. The van der Waals surface area contributed by atoms with Gasteiger partial charge in [-0.2, -0.15) is 0 Å². The summed E-state index contributed by atoms with van der Waals surface area (Å²) in [5.41, 5.74) is 0.774. The first kappa shape index (κ1) is 17.7. The van der Waals surface area contributed by atoms with Crippen molar-refractivity contribution in [2.24, 2.45) is 5.92 Å². The number of aromatic carboxylic acids is 1. The van der Waals surface area contributed by atoms with Gasteiger partial charge in [-0.15, -0.1) is 0 Å². The third-order valence-electron chi connectivity index (χ3n) is 5.41. The number of nitrogens with zero attached hydrogens (tertiary/aromatic N) is 1. The van der Waals surface area contributed by atoms with Crippen LogP contribution >= 0.6 is 0 Å². The Labute approximate surface area is 157 Å². The molecule has 140 valence electrons. The van der Waals surface area contributed by atoms with Crippen LogP contribution in [0.15, 0.2) is 46.2 Å². The van der Waals surface area contributed by atoms with E-state index in [1.54, 1.807) is 18.2 Å². The fraction of sp³-hybridized carbons (Fsp3) is 0.300. The van der Waals surface area contributed by atoms with Crippen LogP contribution in [0.4, 0.5) is 5.69 Å². The van der Waals surface area contributed by atoms with Crippen LogP contribution in [0.1, 0.15) is 46.0 Å². The molecule has 6 nitrogen and oxygen atoms in total. The minimum Gasteiger partial charge on any atom is -0.478 e. The topological polar surface area (TPSA) is 91.8 Å². The summed E-state index contributed by atoms with van der Waals surface area (Å²) in [4.78, 5) is 25.9. The largest absolute Gasteiger partial charge is 0.478 e. The first-order valence-electron chi connectivity index (χ1n) is 8.85. The molecule has 7 heteroatoms. The smallest absolute Gasteiger partial charge is 0.335 e. The summed E-state index contributed by atoms with van der Waals surface area (Å²) in [6.45, 7) is 3.88. The fourth-order valence-corrected chi connectivity index (χ4v) is 5.41. The minimum absolute atomic E-state index is 0.0204. The first-order valence-corrected chi connectivity index (χ1v) is 10.3. The van der Waals surface area contributed by atoms with Gasteiger partial charge >= 0.3 is 5.97 Å². The van der Waals surface area contributed by atoms with E-state index in [2.05, 4.69) is 11.8 Å². The molecule has 1 saturated heterocycles. The molecule has 0 bridgehead atoms. The predicted molar refractivity (Wildman–Crippen MR) is 99.3 cm³/mol. The van der Waals surface area contributed by atoms with Crippen molar-refractivity contribution in [1.82, 2.24) is 0 Å². The molecule has 27 heavy (non-hydrogen) atoms. The molecule has 2 aliphatic rings. The Bertz CT molecular complexity index is 1070. The lowest BCUT2D eigenvalue weighted by atomic mass is 9.97. The molecule has 0 amide bonds. The van der Waals surface area contributed by atoms with E-state index in [9.17, 15) is 18.0 Å². The lowest BCUT2D eigenvalue weighted by molar-refractivity contribution is 0.0696. The van der Waals surface area contributed by atoms with E-state index in [4.69, 9.17) is 5.11 Å². The number of carbonyl (C=O) groups is 2. The quantitative estimate of drug-likeness (QED) is 0.729.